The van der Waals surface area contributed by atoms with Gasteiger partial charge >= 0.3 is 0 Å². The maximum absolute atomic E-state index is 5.50. The molecule has 0 aliphatic carbocycles. The Morgan fingerprint density at radius 1 is 0.244 bits per heavy atom. The second-order valence-electron chi connectivity index (χ2n) is 20.3. The summed E-state index contributed by atoms with van der Waals surface area (Å²) in [5.41, 5.74) is 18.0. The molecule has 0 spiro atoms. The normalized spacial score (nSPS) is 11.7. The second kappa shape index (κ2) is 19.7. The van der Waals surface area contributed by atoms with E-state index in [0.717, 1.165) is 120 Å². The van der Waals surface area contributed by atoms with Crippen molar-refractivity contribution in [1.82, 2.24) is 34.9 Å². The van der Waals surface area contributed by atoms with Crippen molar-refractivity contribution in [3.63, 3.8) is 0 Å². The molecular weight excluding hydrogens is 1040 g/mol. The maximum Gasteiger partial charge on any atom is 0.164 e. The van der Waals surface area contributed by atoms with E-state index in [-0.39, 0.29) is 0 Å². The van der Waals surface area contributed by atoms with Gasteiger partial charge in [0.2, 0.25) is 0 Å². The topological polar surface area (TPSA) is 90.2 Å². The molecule has 16 aromatic rings. The first-order chi connectivity index (χ1) is 40.6. The van der Waals surface area contributed by atoms with Gasteiger partial charge in [-0.15, -0.1) is 22.7 Å². The molecule has 16 rings (SSSR count). The smallest absolute Gasteiger partial charge is 0.164 e. The molecule has 0 atom stereocenters. The third-order valence-electron chi connectivity index (χ3n) is 15.3. The lowest BCUT2D eigenvalue weighted by molar-refractivity contribution is 1.07. The molecule has 0 fully saturated rings. The van der Waals surface area contributed by atoms with Crippen LogP contribution in [0.5, 0.6) is 0 Å². The summed E-state index contributed by atoms with van der Waals surface area (Å²) in [5, 5.41) is 4.51. The SMILES string of the molecule is c1ccc(-c2cc(-c3cccc(-c4cccc5sc6c(-c7cccc(-c8nc(-c9ccccc9)nc(-c9ccccc9)n8)c7)c7ccccc7nc6c45)c3)nc(-c3ccc(-c4c5ccccc5nc5c4sc4ccccc45)cc3)n2)cc1. The molecule has 7 nitrogen and oxygen atoms in total. The average Bonchev–Trinajstić information content (AvgIpc) is 4.34. The zero-order valence-electron chi connectivity index (χ0n) is 43.8. The highest BCUT2D eigenvalue weighted by Crippen LogP contribution is 2.47. The van der Waals surface area contributed by atoms with E-state index in [4.69, 9.17) is 34.9 Å². The van der Waals surface area contributed by atoms with Crippen molar-refractivity contribution in [2.24, 2.45) is 0 Å². The number of para-hydroxylation sites is 2. The molecule has 0 amide bonds. The molecule has 0 N–H and O–H groups in total. The summed E-state index contributed by atoms with van der Waals surface area (Å²) >= 11 is 3.58. The zero-order valence-corrected chi connectivity index (χ0v) is 45.4. The molecule has 0 radical (unpaired) electrons. The standard InChI is InChI=1S/C73H43N7S2/c1-4-19-44(20-5-1)59-43-60(77-70(76-59)48-39-37-45(38-40-48)63-54-29-10-13-33-57(54)74-66-56-31-12-15-35-61(56)81-68(63)66)50-26-16-25-49(41-50)53-32-18-36-62-65(53)67-69(82-62)64(55-30-11-14-34-58(55)75-67)51-27-17-28-52(42-51)73-79-71(46-21-6-2-7-22-46)78-72(80-73)47-23-8-3-9-24-47/h1-43H. The number of aromatic nitrogens is 7. The van der Waals surface area contributed by atoms with Crippen molar-refractivity contribution in [3.05, 3.63) is 261 Å². The molecule has 382 valence electrons. The minimum Gasteiger partial charge on any atom is -0.246 e. The van der Waals surface area contributed by atoms with Gasteiger partial charge in [0.05, 0.1) is 42.9 Å². The lowest BCUT2D eigenvalue weighted by Gasteiger charge is -2.13. The van der Waals surface area contributed by atoms with Crippen LogP contribution in [0, 0.1) is 0 Å². The highest BCUT2D eigenvalue weighted by Gasteiger charge is 2.22. The number of hydrogen-bond donors (Lipinski definition) is 0. The fourth-order valence-electron chi connectivity index (χ4n) is 11.4. The van der Waals surface area contributed by atoms with Gasteiger partial charge < -0.3 is 0 Å². The van der Waals surface area contributed by atoms with Crippen molar-refractivity contribution >= 4 is 85.1 Å². The Morgan fingerprint density at radius 3 is 1.35 bits per heavy atom. The van der Waals surface area contributed by atoms with E-state index >= 15 is 0 Å². The first-order valence-corrected chi connectivity index (χ1v) is 28.8. The summed E-state index contributed by atoms with van der Waals surface area (Å²) in [4.78, 5) is 36.5. The summed E-state index contributed by atoms with van der Waals surface area (Å²) in [5.74, 6) is 2.51. The summed E-state index contributed by atoms with van der Waals surface area (Å²) in [6, 6.07) is 90.9. The Hall–Kier alpha value is -10.5. The quantitative estimate of drug-likeness (QED) is 0.142. The summed E-state index contributed by atoms with van der Waals surface area (Å²) in [6.07, 6.45) is 0. The van der Waals surface area contributed by atoms with Crippen LogP contribution in [0.2, 0.25) is 0 Å². The summed E-state index contributed by atoms with van der Waals surface area (Å²) in [6.45, 7) is 0. The molecule has 6 aromatic heterocycles. The number of thiophene rings is 2. The molecule has 9 heteroatoms. The summed E-state index contributed by atoms with van der Waals surface area (Å²) in [7, 11) is 0. The molecule has 0 saturated carbocycles. The predicted octanol–water partition coefficient (Wildman–Crippen LogP) is 19.5. The molecule has 0 bridgehead atoms. The number of nitrogens with zero attached hydrogens (tertiary/aromatic N) is 7. The Labute approximate surface area is 479 Å². The number of hydrogen-bond acceptors (Lipinski definition) is 9. The molecule has 10 aromatic carbocycles. The van der Waals surface area contributed by atoms with Gasteiger partial charge in [-0.25, -0.2) is 34.9 Å². The third-order valence-corrected chi connectivity index (χ3v) is 17.7. The Morgan fingerprint density at radius 2 is 0.671 bits per heavy atom. The maximum atomic E-state index is 5.50. The van der Waals surface area contributed by atoms with Crippen LogP contribution < -0.4 is 0 Å². The van der Waals surface area contributed by atoms with E-state index in [2.05, 4.69) is 194 Å². The monoisotopic (exact) mass is 1080 g/mol. The van der Waals surface area contributed by atoms with Crippen LogP contribution in [0.3, 0.4) is 0 Å². The number of benzene rings is 10. The van der Waals surface area contributed by atoms with E-state index in [1.807, 2.05) is 66.7 Å². The third kappa shape index (κ3) is 8.29. The number of rotatable bonds is 9. The molecule has 0 aliphatic heterocycles. The van der Waals surface area contributed by atoms with E-state index in [0.29, 0.717) is 23.3 Å². The predicted molar refractivity (Wildman–Crippen MR) is 341 cm³/mol. The minimum absolute atomic E-state index is 0.607. The van der Waals surface area contributed by atoms with Gasteiger partial charge in [0, 0.05) is 75.5 Å². The van der Waals surface area contributed by atoms with Gasteiger partial charge in [0.15, 0.2) is 23.3 Å². The van der Waals surface area contributed by atoms with Crippen LogP contribution in [0.4, 0.5) is 0 Å². The van der Waals surface area contributed by atoms with Crippen molar-refractivity contribution in [2.45, 2.75) is 0 Å². The van der Waals surface area contributed by atoms with Gasteiger partial charge in [-0.3, -0.25) is 0 Å². The van der Waals surface area contributed by atoms with Crippen LogP contribution in [0.15, 0.2) is 261 Å². The fourth-order valence-corrected chi connectivity index (χ4v) is 13.9. The molecule has 6 heterocycles. The van der Waals surface area contributed by atoms with Crippen LogP contribution in [0.25, 0.3) is 164 Å². The molecule has 0 aliphatic rings. The summed E-state index contributed by atoms with van der Waals surface area (Å²) < 4.78 is 4.69. The molecular formula is C73H43N7S2. The Bertz CT molecular complexity index is 5100. The van der Waals surface area contributed by atoms with E-state index < -0.39 is 0 Å². The van der Waals surface area contributed by atoms with Gasteiger partial charge in [0.1, 0.15) is 0 Å². The van der Waals surface area contributed by atoms with Crippen molar-refractivity contribution < 1.29 is 0 Å². The second-order valence-corrected chi connectivity index (χ2v) is 22.5. The molecule has 82 heavy (non-hydrogen) atoms. The minimum atomic E-state index is 0.607. The Balaban J connectivity index is 0.809. The van der Waals surface area contributed by atoms with E-state index in [1.54, 1.807) is 22.7 Å². The first kappa shape index (κ1) is 47.5. The van der Waals surface area contributed by atoms with Crippen LogP contribution >= 0.6 is 22.7 Å². The lowest BCUT2D eigenvalue weighted by atomic mass is 9.95. The van der Waals surface area contributed by atoms with Crippen molar-refractivity contribution in [3.8, 4) is 101 Å². The highest BCUT2D eigenvalue weighted by atomic mass is 32.1. The Kier molecular flexibility index (Phi) is 11.4. The molecule has 0 saturated heterocycles. The molecule has 0 unspecified atom stereocenters. The van der Waals surface area contributed by atoms with E-state index in [9.17, 15) is 0 Å². The lowest BCUT2D eigenvalue weighted by Crippen LogP contribution is -2.00. The highest BCUT2D eigenvalue weighted by molar-refractivity contribution is 7.26. The van der Waals surface area contributed by atoms with Crippen LogP contribution in [-0.2, 0) is 0 Å². The van der Waals surface area contributed by atoms with Gasteiger partial charge in [-0.1, -0.05) is 218 Å². The first-order valence-electron chi connectivity index (χ1n) is 27.2. The van der Waals surface area contributed by atoms with Gasteiger partial charge in [-0.2, -0.15) is 0 Å². The zero-order chi connectivity index (χ0) is 54.1. The average molecular weight is 1080 g/mol. The number of fused-ring (bicyclic) bond motifs is 8. The van der Waals surface area contributed by atoms with Gasteiger partial charge in [-0.05, 0) is 64.7 Å². The fraction of sp³-hybridized carbons (Fsp3) is 0. The van der Waals surface area contributed by atoms with Crippen LogP contribution in [0.1, 0.15) is 0 Å². The van der Waals surface area contributed by atoms with Crippen molar-refractivity contribution in [1.29, 1.82) is 0 Å². The van der Waals surface area contributed by atoms with Gasteiger partial charge in [0.25, 0.3) is 0 Å². The van der Waals surface area contributed by atoms with Crippen molar-refractivity contribution in [2.75, 3.05) is 0 Å². The van der Waals surface area contributed by atoms with Crippen LogP contribution in [-0.4, -0.2) is 34.9 Å². The largest absolute Gasteiger partial charge is 0.246 e. The van der Waals surface area contributed by atoms with E-state index in [1.165, 1.54) is 20.3 Å². The number of pyridine rings is 2.